The number of pyridine rings is 1. The molecule has 1 aliphatic rings. The molecule has 1 atom stereocenters. The van der Waals surface area contributed by atoms with Crippen LogP contribution in [0.3, 0.4) is 0 Å². The number of hydrogen-bond donors (Lipinski definition) is 1. The van der Waals surface area contributed by atoms with Crippen LogP contribution < -0.4 is 10.2 Å². The highest BCUT2D eigenvalue weighted by molar-refractivity contribution is 7.89. The summed E-state index contributed by atoms with van der Waals surface area (Å²) in [6.45, 7) is 4.27. The summed E-state index contributed by atoms with van der Waals surface area (Å²) in [5.74, 6) is -1.53. The summed E-state index contributed by atoms with van der Waals surface area (Å²) in [5.41, 5.74) is 0.137. The molecule has 3 rings (SSSR count). The van der Waals surface area contributed by atoms with Gasteiger partial charge in [0.05, 0.1) is 15.7 Å². The van der Waals surface area contributed by atoms with Crippen LogP contribution >= 0.6 is 0 Å². The van der Waals surface area contributed by atoms with E-state index in [4.69, 9.17) is 0 Å². The third-order valence-electron chi connectivity index (χ3n) is 5.24. The lowest BCUT2D eigenvalue weighted by Crippen LogP contribution is -2.31. The van der Waals surface area contributed by atoms with Gasteiger partial charge < -0.3 is 10.2 Å². The summed E-state index contributed by atoms with van der Waals surface area (Å²) in [6, 6.07) is 7.25. The normalized spacial score (nSPS) is 16.4. The molecule has 2 heterocycles. The predicted octanol–water partition coefficient (Wildman–Crippen LogP) is 2.01. The molecule has 2 amide bonds. The summed E-state index contributed by atoms with van der Waals surface area (Å²) >= 11 is 0. The van der Waals surface area contributed by atoms with Gasteiger partial charge in [-0.25, -0.2) is 8.42 Å². The van der Waals surface area contributed by atoms with Crippen molar-refractivity contribution >= 4 is 38.9 Å². The van der Waals surface area contributed by atoms with Crippen LogP contribution in [0.1, 0.15) is 20.3 Å². The second kappa shape index (κ2) is 9.40. The number of aromatic nitrogens is 1. The lowest BCUT2D eigenvalue weighted by atomic mass is 10.1. The topological polar surface area (TPSA) is 143 Å². The fraction of sp³-hybridized carbons (Fsp3) is 0.350. The van der Waals surface area contributed by atoms with Gasteiger partial charge in [0, 0.05) is 37.9 Å². The van der Waals surface area contributed by atoms with Crippen molar-refractivity contribution in [2.45, 2.75) is 25.2 Å². The standard InChI is InChI=1S/C20H23N5O6S/c1-3-23(4-2)32(30,31)16-7-5-15(6-8-16)24-13-14(11-19(24)26)20(27)22-17-9-10-21-12-18(17)25(28)29/h5-10,12,14H,3-4,11,13H2,1-2H3,(H,21,22,27). The van der Waals surface area contributed by atoms with E-state index in [1.165, 1.54) is 45.7 Å². The number of rotatable bonds is 8. The van der Waals surface area contributed by atoms with Gasteiger partial charge in [-0.3, -0.25) is 24.7 Å². The summed E-state index contributed by atoms with van der Waals surface area (Å²) < 4.78 is 26.6. The monoisotopic (exact) mass is 461 g/mol. The summed E-state index contributed by atoms with van der Waals surface area (Å²) in [6.07, 6.45) is 2.29. The Morgan fingerprint density at radius 1 is 1.25 bits per heavy atom. The van der Waals surface area contributed by atoms with E-state index in [0.29, 0.717) is 18.8 Å². The highest BCUT2D eigenvalue weighted by atomic mass is 32.2. The van der Waals surface area contributed by atoms with Gasteiger partial charge in [-0.05, 0) is 30.3 Å². The van der Waals surface area contributed by atoms with Gasteiger partial charge in [-0.1, -0.05) is 13.8 Å². The Bertz CT molecular complexity index is 1130. The minimum absolute atomic E-state index is 0.00635. The van der Waals surface area contributed by atoms with Gasteiger partial charge >= 0.3 is 5.69 Å². The van der Waals surface area contributed by atoms with E-state index in [9.17, 15) is 28.1 Å². The first kappa shape index (κ1) is 23.3. The molecule has 1 N–H and O–H groups in total. The molecule has 1 aliphatic heterocycles. The van der Waals surface area contributed by atoms with Gasteiger partial charge in [0.25, 0.3) is 0 Å². The average Bonchev–Trinajstić information content (AvgIpc) is 3.16. The minimum Gasteiger partial charge on any atom is -0.320 e. The van der Waals surface area contributed by atoms with E-state index >= 15 is 0 Å². The van der Waals surface area contributed by atoms with Crippen LogP contribution in [0, 0.1) is 16.0 Å². The molecule has 1 unspecified atom stereocenters. The van der Waals surface area contributed by atoms with Crippen molar-refractivity contribution in [3.8, 4) is 0 Å². The number of benzene rings is 1. The first-order valence-electron chi connectivity index (χ1n) is 9.98. The largest absolute Gasteiger partial charge is 0.320 e. The molecule has 12 heteroatoms. The van der Waals surface area contributed by atoms with Crippen molar-refractivity contribution in [3.63, 3.8) is 0 Å². The number of anilines is 2. The zero-order valence-electron chi connectivity index (χ0n) is 17.6. The molecule has 1 aromatic heterocycles. The first-order valence-corrected chi connectivity index (χ1v) is 11.4. The van der Waals surface area contributed by atoms with E-state index in [1.807, 2.05) is 0 Å². The molecule has 0 radical (unpaired) electrons. The molecule has 0 aliphatic carbocycles. The van der Waals surface area contributed by atoms with E-state index in [2.05, 4.69) is 10.3 Å². The van der Waals surface area contributed by atoms with Gasteiger partial charge in [-0.2, -0.15) is 4.31 Å². The van der Waals surface area contributed by atoms with Crippen molar-refractivity contribution in [3.05, 3.63) is 52.8 Å². The van der Waals surface area contributed by atoms with Crippen molar-refractivity contribution in [1.29, 1.82) is 0 Å². The fourth-order valence-electron chi connectivity index (χ4n) is 3.52. The summed E-state index contributed by atoms with van der Waals surface area (Å²) in [5, 5.41) is 13.6. The summed E-state index contributed by atoms with van der Waals surface area (Å²) in [4.78, 5) is 40.8. The van der Waals surface area contributed by atoms with E-state index in [-0.39, 0.29) is 35.1 Å². The minimum atomic E-state index is -3.62. The maximum absolute atomic E-state index is 12.6. The quantitative estimate of drug-likeness (QED) is 0.468. The van der Waals surface area contributed by atoms with Crippen LogP contribution in [0.4, 0.5) is 17.1 Å². The predicted molar refractivity (Wildman–Crippen MR) is 117 cm³/mol. The Hall–Kier alpha value is -3.38. The number of carbonyl (C=O) groups is 2. The Balaban J connectivity index is 1.73. The molecule has 170 valence electrons. The molecule has 11 nitrogen and oxygen atoms in total. The number of amides is 2. The molecular formula is C20H23N5O6S. The number of hydrogen-bond acceptors (Lipinski definition) is 7. The molecule has 0 spiro atoms. The second-order valence-corrected chi connectivity index (χ2v) is 9.07. The van der Waals surface area contributed by atoms with Crippen molar-refractivity contribution < 1.29 is 22.9 Å². The molecule has 1 saturated heterocycles. The Labute approximate surface area is 185 Å². The average molecular weight is 462 g/mol. The number of nitro groups is 1. The smallest absolute Gasteiger partial charge is 0.310 e. The van der Waals surface area contributed by atoms with Crippen LogP contribution in [0.2, 0.25) is 0 Å². The van der Waals surface area contributed by atoms with Crippen LogP contribution in [0.5, 0.6) is 0 Å². The Morgan fingerprint density at radius 2 is 1.91 bits per heavy atom. The molecule has 0 bridgehead atoms. The molecule has 1 fully saturated rings. The number of nitrogens with one attached hydrogen (secondary N) is 1. The van der Waals surface area contributed by atoms with Crippen molar-refractivity contribution in [1.82, 2.24) is 9.29 Å². The van der Waals surface area contributed by atoms with E-state index in [1.54, 1.807) is 13.8 Å². The zero-order chi connectivity index (χ0) is 23.5. The van der Waals surface area contributed by atoms with E-state index in [0.717, 1.165) is 6.20 Å². The van der Waals surface area contributed by atoms with Crippen molar-refractivity contribution in [2.75, 3.05) is 29.9 Å². The highest BCUT2D eigenvalue weighted by Crippen LogP contribution is 2.29. The lowest BCUT2D eigenvalue weighted by Gasteiger charge is -2.20. The number of nitrogens with zero attached hydrogens (tertiary/aromatic N) is 4. The molecular weight excluding hydrogens is 438 g/mol. The van der Waals surface area contributed by atoms with Crippen molar-refractivity contribution in [2.24, 2.45) is 5.92 Å². The molecule has 2 aromatic rings. The maximum Gasteiger partial charge on any atom is 0.310 e. The molecule has 1 aromatic carbocycles. The van der Waals surface area contributed by atoms with Crippen LogP contribution in [-0.4, -0.2) is 54.1 Å². The van der Waals surface area contributed by atoms with Gasteiger partial charge in [-0.15, -0.1) is 0 Å². The fourth-order valence-corrected chi connectivity index (χ4v) is 4.97. The van der Waals surface area contributed by atoms with Gasteiger partial charge in [0.2, 0.25) is 21.8 Å². The van der Waals surface area contributed by atoms with Gasteiger partial charge in [0.15, 0.2) is 0 Å². The van der Waals surface area contributed by atoms with Gasteiger partial charge in [0.1, 0.15) is 11.9 Å². The summed E-state index contributed by atoms with van der Waals surface area (Å²) in [7, 11) is -3.62. The number of carbonyl (C=O) groups excluding carboxylic acids is 2. The zero-order valence-corrected chi connectivity index (χ0v) is 18.4. The second-order valence-electron chi connectivity index (χ2n) is 7.13. The molecule has 0 saturated carbocycles. The first-order chi connectivity index (χ1) is 15.2. The van der Waals surface area contributed by atoms with Crippen LogP contribution in [-0.2, 0) is 19.6 Å². The maximum atomic E-state index is 12.6. The number of sulfonamides is 1. The molecule has 32 heavy (non-hydrogen) atoms. The SMILES string of the molecule is CCN(CC)S(=O)(=O)c1ccc(N2CC(C(=O)Nc3ccncc3[N+](=O)[O-])CC2=O)cc1. The Kier molecular flexibility index (Phi) is 6.84. The Morgan fingerprint density at radius 3 is 2.50 bits per heavy atom. The van der Waals surface area contributed by atoms with Crippen LogP contribution in [0.15, 0.2) is 47.6 Å². The highest BCUT2D eigenvalue weighted by Gasteiger charge is 2.36. The third-order valence-corrected chi connectivity index (χ3v) is 7.31. The lowest BCUT2D eigenvalue weighted by molar-refractivity contribution is -0.384. The third kappa shape index (κ3) is 4.60. The van der Waals surface area contributed by atoms with E-state index < -0.39 is 26.8 Å². The van der Waals surface area contributed by atoms with Crippen LogP contribution in [0.25, 0.3) is 0 Å².